The minimum Gasteiger partial charge on any atom is -0.493 e. The number of hydrogen-bond acceptors (Lipinski definition) is 9. The molecule has 3 heterocycles. The van der Waals surface area contributed by atoms with Crippen LogP contribution in [0.4, 0.5) is 17.3 Å². The molecule has 5 rings (SSSR count). The second-order valence-electron chi connectivity index (χ2n) is 10.9. The van der Waals surface area contributed by atoms with Crippen LogP contribution < -0.4 is 15.4 Å². The molecule has 9 nitrogen and oxygen atoms in total. The zero-order valence-corrected chi connectivity index (χ0v) is 24.6. The molecule has 9 heteroatoms. The Hall–Kier alpha value is -3.76. The third-order valence-corrected chi connectivity index (χ3v) is 7.59. The lowest BCUT2D eigenvalue weighted by Gasteiger charge is -2.24. The molecule has 1 saturated heterocycles. The third kappa shape index (κ3) is 8.62. The minimum absolute atomic E-state index is 0.551. The zero-order valence-electron chi connectivity index (χ0n) is 24.6. The van der Waals surface area contributed by atoms with E-state index in [0.29, 0.717) is 12.6 Å². The van der Waals surface area contributed by atoms with E-state index < -0.39 is 6.23 Å². The Morgan fingerprint density at radius 2 is 2.05 bits per heavy atom. The van der Waals surface area contributed by atoms with Crippen molar-refractivity contribution in [3.63, 3.8) is 0 Å². The fraction of sp³-hybridized carbons (Fsp3) is 0.394. The van der Waals surface area contributed by atoms with Crippen LogP contribution in [0.1, 0.15) is 18.4 Å². The van der Waals surface area contributed by atoms with Crippen molar-refractivity contribution in [2.75, 3.05) is 70.1 Å². The Bertz CT molecular complexity index is 1350. The number of benzene rings is 2. The van der Waals surface area contributed by atoms with E-state index in [2.05, 4.69) is 74.3 Å². The summed E-state index contributed by atoms with van der Waals surface area (Å²) >= 11 is 0. The first-order chi connectivity index (χ1) is 20.6. The van der Waals surface area contributed by atoms with Gasteiger partial charge in [-0.1, -0.05) is 30.9 Å². The lowest BCUT2D eigenvalue weighted by molar-refractivity contribution is 0.0451. The van der Waals surface area contributed by atoms with Crippen molar-refractivity contribution in [3.8, 4) is 17.0 Å². The predicted molar refractivity (Wildman–Crippen MR) is 170 cm³/mol. The molecule has 6 bridgehead atoms. The van der Waals surface area contributed by atoms with E-state index in [0.717, 1.165) is 93.6 Å². The van der Waals surface area contributed by atoms with Crippen LogP contribution >= 0.6 is 0 Å². The zero-order chi connectivity index (χ0) is 29.1. The highest BCUT2D eigenvalue weighted by Crippen LogP contribution is 2.26. The Morgan fingerprint density at radius 3 is 2.95 bits per heavy atom. The summed E-state index contributed by atoms with van der Waals surface area (Å²) in [5.74, 6) is 1.39. The molecule has 222 valence electrons. The van der Waals surface area contributed by atoms with Crippen molar-refractivity contribution in [1.29, 1.82) is 0 Å². The van der Waals surface area contributed by atoms with Gasteiger partial charge in [0.05, 0.1) is 12.3 Å². The highest BCUT2D eigenvalue weighted by Gasteiger charge is 2.18. The average molecular weight is 570 g/mol. The van der Waals surface area contributed by atoms with Gasteiger partial charge >= 0.3 is 0 Å². The maximum Gasteiger partial charge on any atom is 0.227 e. The van der Waals surface area contributed by atoms with Crippen LogP contribution in [-0.4, -0.2) is 95.5 Å². The molecule has 1 aromatic heterocycles. The molecule has 0 spiro atoms. The molecule has 0 radical (unpaired) electrons. The number of nitrogens with zero attached hydrogens (tertiary/aromatic N) is 5. The number of rotatable bonds is 6. The fourth-order valence-corrected chi connectivity index (χ4v) is 5.39. The Balaban J connectivity index is 1.32. The molecule has 2 aliphatic heterocycles. The maximum atomic E-state index is 10.1. The minimum atomic E-state index is -0.564. The van der Waals surface area contributed by atoms with Gasteiger partial charge in [-0.15, -0.1) is 0 Å². The van der Waals surface area contributed by atoms with Crippen LogP contribution in [0, 0.1) is 0 Å². The molecular formula is C33H43N7O2. The number of aliphatic hydroxyl groups excluding tert-OH is 1. The van der Waals surface area contributed by atoms with Crippen LogP contribution in [0.5, 0.6) is 5.75 Å². The molecule has 1 unspecified atom stereocenters. The van der Waals surface area contributed by atoms with Crippen molar-refractivity contribution in [3.05, 3.63) is 85.1 Å². The van der Waals surface area contributed by atoms with Gasteiger partial charge in [0, 0.05) is 68.9 Å². The van der Waals surface area contributed by atoms with Gasteiger partial charge in [0.2, 0.25) is 5.95 Å². The summed E-state index contributed by atoms with van der Waals surface area (Å²) in [6.45, 7) is 11.5. The number of hydrogen-bond donors (Lipinski definition) is 3. The summed E-state index contributed by atoms with van der Waals surface area (Å²) < 4.78 is 5.98. The van der Waals surface area contributed by atoms with E-state index in [9.17, 15) is 5.11 Å². The molecule has 3 N–H and O–H groups in total. The summed E-state index contributed by atoms with van der Waals surface area (Å²) in [5, 5.41) is 17.2. The topological polar surface area (TPSA) is 89.0 Å². The quantitative estimate of drug-likeness (QED) is 0.369. The second kappa shape index (κ2) is 14.9. The molecule has 1 atom stereocenters. The number of aromatic nitrogens is 2. The Labute approximate surface area is 249 Å². The van der Waals surface area contributed by atoms with E-state index in [1.807, 2.05) is 30.3 Å². The van der Waals surface area contributed by atoms with Crippen LogP contribution in [0.15, 0.2) is 79.5 Å². The summed E-state index contributed by atoms with van der Waals surface area (Å²) in [4.78, 5) is 16.2. The Kier molecular flexibility index (Phi) is 10.6. The van der Waals surface area contributed by atoms with Crippen molar-refractivity contribution < 1.29 is 9.84 Å². The molecule has 2 aromatic carbocycles. The summed E-state index contributed by atoms with van der Waals surface area (Å²) in [5.41, 5.74) is 5.04. The van der Waals surface area contributed by atoms with Crippen molar-refractivity contribution in [2.24, 2.45) is 0 Å². The van der Waals surface area contributed by atoms with Crippen molar-refractivity contribution >= 4 is 17.3 Å². The first kappa shape index (κ1) is 29.7. The number of fused-ring (bicyclic) bond motifs is 7. The number of likely N-dealkylation sites (N-methyl/N-ethyl adjacent to an activating group) is 1. The van der Waals surface area contributed by atoms with E-state index in [4.69, 9.17) is 9.72 Å². The largest absolute Gasteiger partial charge is 0.493 e. The van der Waals surface area contributed by atoms with Gasteiger partial charge in [0.1, 0.15) is 12.0 Å². The number of aliphatic hydroxyl groups is 1. The third-order valence-electron chi connectivity index (χ3n) is 7.59. The number of anilines is 3. The lowest BCUT2D eigenvalue weighted by Crippen LogP contribution is -2.37. The van der Waals surface area contributed by atoms with Gasteiger partial charge in [0.15, 0.2) is 0 Å². The van der Waals surface area contributed by atoms with E-state index in [1.54, 1.807) is 12.3 Å². The number of ether oxygens (including phenoxy) is 1. The van der Waals surface area contributed by atoms with Gasteiger partial charge in [-0.25, -0.2) is 9.97 Å². The first-order valence-electron chi connectivity index (χ1n) is 14.9. The molecule has 0 amide bonds. The smallest absolute Gasteiger partial charge is 0.227 e. The molecule has 42 heavy (non-hydrogen) atoms. The standard InChI is InChI=1S/C33H43N7O2/c1-3-32(41)40-16-8-15-39(18-19-40)17-13-34-28-21-26-22-29(24-28)36-33-35-12-11-31(37-33)27-9-7-10-30(23-27)42-20-6-4-5-14-38(2)25-26/h3-5,7,9-12,21-24,32,34,41H,1,6,8,13-20,25H2,2H3,(H,35,36,37)/b5-4+. The summed E-state index contributed by atoms with van der Waals surface area (Å²) in [6.07, 6.45) is 9.11. The van der Waals surface area contributed by atoms with Gasteiger partial charge in [-0.05, 0) is 74.5 Å². The van der Waals surface area contributed by atoms with Crippen molar-refractivity contribution in [2.45, 2.75) is 25.6 Å². The molecule has 2 aliphatic rings. The second-order valence-corrected chi connectivity index (χ2v) is 10.9. The molecule has 1 fully saturated rings. The van der Waals surface area contributed by atoms with E-state index in [-0.39, 0.29) is 0 Å². The molecular weight excluding hydrogens is 526 g/mol. The molecule has 0 saturated carbocycles. The maximum absolute atomic E-state index is 10.1. The Morgan fingerprint density at radius 1 is 1.12 bits per heavy atom. The van der Waals surface area contributed by atoms with Crippen LogP contribution in [-0.2, 0) is 6.54 Å². The number of nitrogens with one attached hydrogen (secondary N) is 2. The highest BCUT2D eigenvalue weighted by atomic mass is 16.5. The SMILES string of the molecule is C=CC(O)N1CCCN(CCNc2cc3cc(c2)Nc2nccc(n2)-c2cccc(c2)OCC/C=C/CN(C)C3)CC1. The highest BCUT2D eigenvalue weighted by molar-refractivity contribution is 5.66. The predicted octanol–water partition coefficient (Wildman–Crippen LogP) is 4.58. The van der Waals surface area contributed by atoms with Gasteiger partial charge in [0.25, 0.3) is 0 Å². The lowest BCUT2D eigenvalue weighted by atomic mass is 10.1. The van der Waals surface area contributed by atoms with Crippen LogP contribution in [0.3, 0.4) is 0 Å². The van der Waals surface area contributed by atoms with Crippen LogP contribution in [0.2, 0.25) is 0 Å². The molecule has 3 aromatic rings. The first-order valence-corrected chi connectivity index (χ1v) is 14.9. The van der Waals surface area contributed by atoms with Crippen LogP contribution in [0.25, 0.3) is 11.3 Å². The summed E-state index contributed by atoms with van der Waals surface area (Å²) in [6, 6.07) is 16.5. The van der Waals surface area contributed by atoms with Gasteiger partial charge < -0.3 is 25.4 Å². The monoisotopic (exact) mass is 569 g/mol. The van der Waals surface area contributed by atoms with Gasteiger partial charge in [-0.3, -0.25) is 9.80 Å². The molecule has 0 aliphatic carbocycles. The summed E-state index contributed by atoms with van der Waals surface area (Å²) in [7, 11) is 2.14. The van der Waals surface area contributed by atoms with Gasteiger partial charge in [-0.2, -0.15) is 0 Å². The normalized spacial score (nSPS) is 18.8. The van der Waals surface area contributed by atoms with E-state index in [1.165, 1.54) is 5.56 Å². The average Bonchev–Trinajstić information content (AvgIpc) is 3.24. The van der Waals surface area contributed by atoms with E-state index >= 15 is 0 Å². The fourth-order valence-electron chi connectivity index (χ4n) is 5.39. The van der Waals surface area contributed by atoms with Crippen molar-refractivity contribution in [1.82, 2.24) is 24.7 Å².